The normalized spacial score (nSPS) is 10.7. The Morgan fingerprint density at radius 3 is 1.86 bits per heavy atom. The van der Waals surface area contributed by atoms with Crippen LogP contribution in [0.3, 0.4) is 0 Å². The zero-order valence-electron chi connectivity index (χ0n) is 22.0. The largest absolute Gasteiger partial charge is 0.462 e. The predicted octanol–water partition coefficient (Wildman–Crippen LogP) is 5.13. The van der Waals surface area contributed by atoms with Gasteiger partial charge in [0.05, 0.1) is 37.6 Å². The molecule has 200 valence electrons. The Balaban J connectivity index is 2.06. The van der Waals surface area contributed by atoms with Crippen LogP contribution < -0.4 is 0 Å². The number of carbonyl (C=O) groups excluding carboxylic acids is 2. The van der Waals surface area contributed by atoms with Crippen LogP contribution in [-0.2, 0) is 38.3 Å². The molecule has 6 nitrogen and oxygen atoms in total. The molecule has 0 atom stereocenters. The fraction of sp³-hybridized carbons (Fsp3) is 0.419. The summed E-state index contributed by atoms with van der Waals surface area (Å²) in [6.07, 6.45) is 8.14. The number of hydrogen-bond acceptors (Lipinski definition) is 6. The zero-order valence-corrected chi connectivity index (χ0v) is 22.0. The van der Waals surface area contributed by atoms with E-state index in [0.717, 1.165) is 35.1 Å². The van der Waals surface area contributed by atoms with Gasteiger partial charge >= 0.3 is 11.9 Å². The summed E-state index contributed by atoms with van der Waals surface area (Å²) in [6.45, 7) is 8.84. The summed E-state index contributed by atoms with van der Waals surface area (Å²) in [6, 6.07) is 14.6. The summed E-state index contributed by atoms with van der Waals surface area (Å²) >= 11 is 0. The van der Waals surface area contributed by atoms with E-state index in [-0.39, 0.29) is 24.4 Å². The van der Waals surface area contributed by atoms with Gasteiger partial charge in [0.2, 0.25) is 0 Å². The third-order valence-electron chi connectivity index (χ3n) is 6.23. The van der Waals surface area contributed by atoms with E-state index < -0.39 is 25.2 Å². The van der Waals surface area contributed by atoms with Crippen LogP contribution in [-0.4, -0.2) is 48.6 Å². The Bertz CT molecular complexity index is 1040. The highest BCUT2D eigenvalue weighted by Crippen LogP contribution is 2.25. The number of unbranched alkanes of at least 4 members (excludes halogenated alkanes) is 4. The molecular weight excluding hydrogens is 468 g/mol. The van der Waals surface area contributed by atoms with Gasteiger partial charge in [-0.1, -0.05) is 88.2 Å². The smallest absolute Gasteiger partial charge is 0.335 e. The van der Waals surface area contributed by atoms with Gasteiger partial charge in [0.25, 0.3) is 0 Å². The summed E-state index contributed by atoms with van der Waals surface area (Å²) in [7, 11) is 0. The molecule has 0 bridgehead atoms. The Kier molecular flexibility index (Phi) is 13.4. The van der Waals surface area contributed by atoms with Gasteiger partial charge in [0.15, 0.2) is 0 Å². The summed E-state index contributed by atoms with van der Waals surface area (Å²) in [5, 5.41) is 18.0. The number of hydrogen-bond donors (Lipinski definition) is 2. The van der Waals surface area contributed by atoms with Crippen molar-refractivity contribution in [2.75, 3.05) is 26.4 Å². The van der Waals surface area contributed by atoms with Crippen LogP contribution in [0.1, 0.15) is 55.7 Å². The second-order valence-corrected chi connectivity index (χ2v) is 9.14. The first-order valence-electron chi connectivity index (χ1n) is 13.0. The van der Waals surface area contributed by atoms with Gasteiger partial charge in [-0.3, -0.25) is 0 Å². The summed E-state index contributed by atoms with van der Waals surface area (Å²) < 4.78 is 10.4. The van der Waals surface area contributed by atoms with Crippen molar-refractivity contribution >= 4 is 11.9 Å². The van der Waals surface area contributed by atoms with E-state index >= 15 is 0 Å². The number of aliphatic hydroxyl groups is 2. The van der Waals surface area contributed by atoms with Crippen LogP contribution in [0.4, 0.5) is 0 Å². The second-order valence-electron chi connectivity index (χ2n) is 9.14. The maximum atomic E-state index is 11.8. The minimum Gasteiger partial charge on any atom is -0.462 e. The maximum absolute atomic E-state index is 11.8. The molecule has 2 N–H and O–H groups in total. The van der Waals surface area contributed by atoms with Crippen LogP contribution in [0, 0.1) is 0 Å². The summed E-state index contributed by atoms with van der Waals surface area (Å²) in [5.41, 5.74) is 5.78. The molecule has 0 spiro atoms. The first-order chi connectivity index (χ1) is 17.9. The van der Waals surface area contributed by atoms with Crippen LogP contribution in [0.25, 0.3) is 11.1 Å². The van der Waals surface area contributed by atoms with E-state index in [2.05, 4.69) is 50.4 Å². The lowest BCUT2D eigenvalue weighted by Gasteiger charge is -2.14. The number of aliphatic hydroxyl groups excluding tert-OH is 2. The van der Waals surface area contributed by atoms with Crippen molar-refractivity contribution in [3.05, 3.63) is 83.5 Å². The molecule has 0 radical (unpaired) electrons. The fourth-order valence-electron chi connectivity index (χ4n) is 3.91. The van der Waals surface area contributed by atoms with Crippen molar-refractivity contribution in [3.63, 3.8) is 0 Å². The molecule has 2 rings (SSSR count). The molecule has 2 aromatic rings. The highest BCUT2D eigenvalue weighted by Gasteiger charge is 2.11. The first kappa shape index (κ1) is 30.0. The van der Waals surface area contributed by atoms with Crippen molar-refractivity contribution in [3.8, 4) is 11.1 Å². The Morgan fingerprint density at radius 2 is 1.27 bits per heavy atom. The van der Waals surface area contributed by atoms with E-state index in [0.29, 0.717) is 12.8 Å². The molecule has 6 heteroatoms. The number of aryl methyl sites for hydroxylation is 1. The summed E-state index contributed by atoms with van der Waals surface area (Å²) in [5.74, 6) is -1.14. The predicted molar refractivity (Wildman–Crippen MR) is 146 cm³/mol. The van der Waals surface area contributed by atoms with E-state index in [4.69, 9.17) is 19.7 Å². The van der Waals surface area contributed by atoms with Crippen LogP contribution in [0.15, 0.2) is 66.8 Å². The van der Waals surface area contributed by atoms with E-state index in [9.17, 15) is 9.59 Å². The molecule has 0 aliphatic rings. The SMILES string of the molecule is C=C(CO)C(=O)OCCc1ccc(-c2ccc(CCOC(=O)C(=C)CO)c(CCCCCCC)c2)cc1. The third kappa shape index (κ3) is 10.3. The highest BCUT2D eigenvalue weighted by molar-refractivity contribution is 5.88. The second kappa shape index (κ2) is 16.5. The molecule has 0 aromatic heterocycles. The van der Waals surface area contributed by atoms with Crippen molar-refractivity contribution < 1.29 is 29.3 Å². The lowest BCUT2D eigenvalue weighted by molar-refractivity contribution is -0.140. The molecule has 0 unspecified atom stereocenters. The van der Waals surface area contributed by atoms with Gasteiger partial charge in [0.1, 0.15) is 0 Å². The average molecular weight is 509 g/mol. The number of carbonyl (C=O) groups is 2. The number of esters is 2. The number of benzene rings is 2. The van der Waals surface area contributed by atoms with Crippen LogP contribution in [0.5, 0.6) is 0 Å². The molecule has 0 aliphatic carbocycles. The van der Waals surface area contributed by atoms with Gasteiger partial charge in [-0.2, -0.15) is 0 Å². The lowest BCUT2D eigenvalue weighted by atomic mass is 9.93. The maximum Gasteiger partial charge on any atom is 0.335 e. The van der Waals surface area contributed by atoms with E-state index in [1.807, 2.05) is 12.1 Å². The molecule has 2 aromatic carbocycles. The topological polar surface area (TPSA) is 93.1 Å². The van der Waals surface area contributed by atoms with Crippen LogP contribution >= 0.6 is 0 Å². The molecule has 0 saturated carbocycles. The zero-order chi connectivity index (χ0) is 27.0. The van der Waals surface area contributed by atoms with Crippen LogP contribution in [0.2, 0.25) is 0 Å². The number of rotatable bonds is 17. The molecule has 37 heavy (non-hydrogen) atoms. The minimum atomic E-state index is -0.575. The molecule has 0 aliphatic heterocycles. The van der Waals surface area contributed by atoms with Crippen molar-refractivity contribution in [1.82, 2.24) is 0 Å². The van der Waals surface area contributed by atoms with E-state index in [1.165, 1.54) is 31.2 Å². The quantitative estimate of drug-likeness (QED) is 0.175. The third-order valence-corrected chi connectivity index (χ3v) is 6.23. The number of ether oxygens (including phenoxy) is 2. The van der Waals surface area contributed by atoms with Crippen molar-refractivity contribution in [2.24, 2.45) is 0 Å². The van der Waals surface area contributed by atoms with Gasteiger partial charge in [-0.15, -0.1) is 0 Å². The van der Waals surface area contributed by atoms with Gasteiger partial charge in [-0.05, 0) is 40.7 Å². The molecule has 0 fully saturated rings. The molecule has 0 amide bonds. The molecular formula is C31H40O6. The van der Waals surface area contributed by atoms with Crippen molar-refractivity contribution in [2.45, 2.75) is 58.3 Å². The van der Waals surface area contributed by atoms with E-state index in [1.54, 1.807) is 0 Å². The van der Waals surface area contributed by atoms with Crippen molar-refractivity contribution in [1.29, 1.82) is 0 Å². The Morgan fingerprint density at radius 1 is 0.703 bits per heavy atom. The van der Waals surface area contributed by atoms with Gasteiger partial charge in [-0.25, -0.2) is 9.59 Å². The molecule has 0 heterocycles. The highest BCUT2D eigenvalue weighted by atomic mass is 16.5. The standard InChI is InChI=1S/C31H40O6/c1-4-5-6-7-8-9-28-20-29(15-14-27(28)17-19-37-31(35)24(3)22-33)26-12-10-25(11-13-26)16-18-36-30(34)23(2)21-32/h10-15,20,32-33H,2-9,16-19,21-22H2,1H3. The fourth-order valence-corrected chi connectivity index (χ4v) is 3.91. The minimum absolute atomic E-state index is 0.0498. The monoisotopic (exact) mass is 508 g/mol. The first-order valence-corrected chi connectivity index (χ1v) is 13.0. The van der Waals surface area contributed by atoms with Gasteiger partial charge < -0.3 is 19.7 Å². The Hall–Kier alpha value is -3.22. The molecule has 0 saturated heterocycles. The summed E-state index contributed by atoms with van der Waals surface area (Å²) in [4.78, 5) is 23.4. The average Bonchev–Trinajstić information content (AvgIpc) is 2.92. The lowest BCUT2D eigenvalue weighted by Crippen LogP contribution is -2.12. The Labute approximate surface area is 220 Å². The van der Waals surface area contributed by atoms with Gasteiger partial charge in [0, 0.05) is 12.8 Å².